The van der Waals surface area contributed by atoms with Crippen molar-refractivity contribution in [1.82, 2.24) is 15.0 Å². The molecule has 0 aliphatic heterocycles. The van der Waals surface area contributed by atoms with E-state index in [2.05, 4.69) is 27.1 Å². The smallest absolute Gasteiger partial charge is 0.128 e. The van der Waals surface area contributed by atoms with Crippen LogP contribution in [-0.4, -0.2) is 15.0 Å². The van der Waals surface area contributed by atoms with Gasteiger partial charge in [-0.1, -0.05) is 67.6 Å². The van der Waals surface area contributed by atoms with E-state index in [1.165, 1.54) is 12.1 Å². The first kappa shape index (κ1) is 20.0. The van der Waals surface area contributed by atoms with Crippen molar-refractivity contribution >= 4 is 32.7 Å². The molecule has 0 unspecified atom stereocenters. The van der Waals surface area contributed by atoms with E-state index >= 15 is 0 Å². The molecule has 4 aromatic heterocycles. The summed E-state index contributed by atoms with van der Waals surface area (Å²) in [6.45, 7) is -2.91. The van der Waals surface area contributed by atoms with Gasteiger partial charge in [0.1, 0.15) is 5.58 Å². The zero-order valence-electron chi connectivity index (χ0n) is 35.2. The number of furan rings is 1. The molecule has 7 aromatic rings. The van der Waals surface area contributed by atoms with Crippen LogP contribution in [-0.2, 0) is 26.5 Å². The zero-order valence-corrected chi connectivity index (χ0v) is 26.6. The molecule has 5 heteroatoms. The van der Waals surface area contributed by atoms with E-state index < -0.39 is 32.3 Å². The first-order chi connectivity index (χ1) is 25.1. The number of hydrogen-bond donors (Lipinski definition) is 0. The average Bonchev–Trinajstić information content (AvgIpc) is 3.50. The Morgan fingerprint density at radius 1 is 0.795 bits per heavy atom. The number of benzene rings is 3. The summed E-state index contributed by atoms with van der Waals surface area (Å²) in [6, 6.07) is 29.2. The van der Waals surface area contributed by atoms with E-state index in [4.69, 9.17) is 19.5 Å². The molecular weight excluding hydrogens is 719 g/mol. The third-order valence-electron chi connectivity index (χ3n) is 6.73. The Morgan fingerprint density at radius 2 is 1.64 bits per heavy atom. The van der Waals surface area contributed by atoms with Gasteiger partial charge >= 0.3 is 0 Å². The van der Waals surface area contributed by atoms with Crippen molar-refractivity contribution in [3.8, 4) is 22.5 Å². The number of fused-ring (bicyclic) bond motifs is 5. The summed E-state index contributed by atoms with van der Waals surface area (Å²) in [7, 11) is 0. The molecule has 0 aliphatic carbocycles. The second kappa shape index (κ2) is 12.8. The molecule has 44 heavy (non-hydrogen) atoms. The monoisotopic (exact) mass is 765 g/mol. The maximum Gasteiger partial charge on any atom is 0.128 e. The molecule has 0 N–H and O–H groups in total. The van der Waals surface area contributed by atoms with E-state index in [1.54, 1.807) is 51.2 Å². The van der Waals surface area contributed by atoms with Gasteiger partial charge in [0.2, 0.25) is 0 Å². The zero-order chi connectivity index (χ0) is 39.4. The molecule has 4 nitrogen and oxygen atoms in total. The molecule has 3 aromatic carbocycles. The number of nitrogens with zero attached hydrogens (tertiary/aromatic N) is 3. The second-order valence-electron chi connectivity index (χ2n) is 11.1. The van der Waals surface area contributed by atoms with Crippen LogP contribution in [0, 0.1) is 38.1 Å². The van der Waals surface area contributed by atoms with Crippen molar-refractivity contribution in [3.63, 3.8) is 0 Å². The minimum Gasteiger partial charge on any atom is -0.500 e. The summed E-state index contributed by atoms with van der Waals surface area (Å²) in [5.41, 5.74) is 1.20. The molecule has 0 aliphatic rings. The summed E-state index contributed by atoms with van der Waals surface area (Å²) in [4.78, 5) is 12.6. The SMILES string of the molecule is [2H]C([2H])([2H])c1cc2c(ccc3c4cc[c-]c(-c5cc(C([2H])([2H])C(C)(C)C)c(C([2H])([2H])[2H])cn5)c4oc23)c(C([2H])([2H])[2H])n1.[Ir].[c-]1ccccc1-c1ccccn1. The summed E-state index contributed by atoms with van der Waals surface area (Å²) in [5, 5.41) is 1.67. The topological polar surface area (TPSA) is 51.8 Å². The Hall–Kier alpha value is -4.18. The van der Waals surface area contributed by atoms with E-state index in [1.807, 2.05) is 42.5 Å². The first-order valence-corrected chi connectivity index (χ1v) is 13.7. The summed E-state index contributed by atoms with van der Waals surface area (Å²) in [5.74, 6) is 0. The van der Waals surface area contributed by atoms with Gasteiger partial charge in [0.05, 0.1) is 5.58 Å². The van der Waals surface area contributed by atoms with Crippen LogP contribution >= 0.6 is 0 Å². The molecule has 1 radical (unpaired) electrons. The van der Waals surface area contributed by atoms with Crippen LogP contribution < -0.4 is 0 Å². The van der Waals surface area contributed by atoms with E-state index in [9.17, 15) is 0 Å². The van der Waals surface area contributed by atoms with Crippen LogP contribution in [0.2, 0.25) is 0 Å². The number of pyridine rings is 3. The number of aryl methyl sites for hydroxylation is 3. The second-order valence-corrected chi connectivity index (χ2v) is 11.1. The van der Waals surface area contributed by atoms with Crippen molar-refractivity contribution in [3.05, 3.63) is 126 Å². The van der Waals surface area contributed by atoms with Gasteiger partial charge in [-0.3, -0.25) is 4.98 Å². The van der Waals surface area contributed by atoms with Crippen molar-refractivity contribution in [2.24, 2.45) is 5.41 Å². The predicted molar refractivity (Wildman–Crippen MR) is 177 cm³/mol. The third kappa shape index (κ3) is 6.50. The largest absolute Gasteiger partial charge is 0.500 e. The van der Waals surface area contributed by atoms with Crippen molar-refractivity contribution in [2.45, 2.75) is 47.7 Å². The number of aromatic nitrogens is 3. The van der Waals surface area contributed by atoms with Crippen LogP contribution in [0.25, 0.3) is 55.2 Å². The Labute approximate surface area is 288 Å². The van der Waals surface area contributed by atoms with Gasteiger partial charge in [-0.15, -0.1) is 54.1 Å². The predicted octanol–water partition coefficient (Wildman–Crippen LogP) is 10.1. The number of hydrogen-bond acceptors (Lipinski definition) is 4. The van der Waals surface area contributed by atoms with Gasteiger partial charge in [0.15, 0.2) is 0 Å². The molecule has 0 saturated carbocycles. The quantitative estimate of drug-likeness (QED) is 0.168. The van der Waals surface area contributed by atoms with Crippen LogP contribution in [0.1, 0.15) is 58.4 Å². The van der Waals surface area contributed by atoms with Crippen LogP contribution in [0.3, 0.4) is 0 Å². The molecule has 0 atom stereocenters. The normalized spacial score (nSPS) is 16.2. The Kier molecular flexibility index (Phi) is 5.82. The molecule has 4 heterocycles. The van der Waals surface area contributed by atoms with E-state index in [0.29, 0.717) is 21.9 Å². The minimum absolute atomic E-state index is 0. The molecule has 0 spiro atoms. The number of rotatable bonds is 3. The van der Waals surface area contributed by atoms with Gasteiger partial charge < -0.3 is 14.4 Å². The molecular formula is C39H35IrN3O-2. The van der Waals surface area contributed by atoms with Crippen LogP contribution in [0.5, 0.6) is 0 Å². The molecule has 0 amide bonds. The molecule has 0 fully saturated rings. The first-order valence-electron chi connectivity index (χ1n) is 19.2. The van der Waals surface area contributed by atoms with Crippen LogP contribution in [0.4, 0.5) is 0 Å². The van der Waals surface area contributed by atoms with Gasteiger partial charge in [-0.2, -0.15) is 0 Å². The summed E-state index contributed by atoms with van der Waals surface area (Å²) < 4.78 is 95.4. The van der Waals surface area contributed by atoms with Gasteiger partial charge in [0, 0.05) is 75.1 Å². The Morgan fingerprint density at radius 3 is 2.36 bits per heavy atom. The fraction of sp³-hybridized carbons (Fsp3) is 0.205. The maximum atomic E-state index is 8.84. The van der Waals surface area contributed by atoms with E-state index in [-0.39, 0.29) is 64.7 Å². The molecule has 223 valence electrons. The van der Waals surface area contributed by atoms with Gasteiger partial charge in [-0.05, 0) is 61.4 Å². The van der Waals surface area contributed by atoms with Gasteiger partial charge in [-0.25, -0.2) is 0 Å². The summed E-state index contributed by atoms with van der Waals surface area (Å²) >= 11 is 0. The van der Waals surface area contributed by atoms with Crippen LogP contribution in [0.15, 0.2) is 95.7 Å². The summed E-state index contributed by atoms with van der Waals surface area (Å²) in [6.07, 6.45) is 0.899. The molecule has 0 bridgehead atoms. The Bertz CT molecular complexity index is 2430. The molecule has 7 rings (SSSR count). The van der Waals surface area contributed by atoms with Gasteiger partial charge in [0.25, 0.3) is 0 Å². The van der Waals surface area contributed by atoms with Crippen molar-refractivity contribution < 1.29 is 39.6 Å². The average molecular weight is 765 g/mol. The fourth-order valence-corrected chi connectivity index (χ4v) is 4.89. The van der Waals surface area contributed by atoms with Crippen molar-refractivity contribution in [2.75, 3.05) is 0 Å². The standard InChI is InChI=1S/C28H27N2O.C11H8N.Ir/c1-16-15-29-25(13-19(16)14-28(4,5)6)23-9-7-8-21-22-11-10-20-18(3)30-17(2)12-24(20)27(22)31-26(21)23;1-2-6-10(7-3-1)11-8-4-5-9-12-11;/h7-8,10-13,15H,14H2,1-6H3;1-6,8-9H;/q2*-1;/i1D3,2D3,3D3,14D2;;. The van der Waals surface area contributed by atoms with E-state index in [0.717, 1.165) is 17.5 Å². The minimum atomic E-state index is -2.69. The van der Waals surface area contributed by atoms with Crippen molar-refractivity contribution in [1.29, 1.82) is 0 Å². The third-order valence-corrected chi connectivity index (χ3v) is 6.73. The molecule has 0 saturated heterocycles. The fourth-order valence-electron chi connectivity index (χ4n) is 4.89. The maximum absolute atomic E-state index is 8.84. The Balaban J connectivity index is 0.000000378.